The zero-order valence-corrected chi connectivity index (χ0v) is 17.1. The van der Waals surface area contributed by atoms with E-state index >= 15 is 0 Å². The third-order valence-corrected chi connectivity index (χ3v) is 5.82. The fourth-order valence-corrected chi connectivity index (χ4v) is 4.32. The number of sulfonamides is 1. The first-order valence-corrected chi connectivity index (χ1v) is 11.4. The summed E-state index contributed by atoms with van der Waals surface area (Å²) in [4.78, 5) is 14.3. The molecule has 28 heavy (non-hydrogen) atoms. The van der Waals surface area contributed by atoms with E-state index in [0.29, 0.717) is 36.0 Å². The highest BCUT2D eigenvalue weighted by molar-refractivity contribution is 7.92. The smallest absolute Gasteiger partial charge is 0.240 e. The van der Waals surface area contributed by atoms with Gasteiger partial charge in [0.25, 0.3) is 0 Å². The molecule has 2 aliphatic rings. The molecule has 0 spiro atoms. The van der Waals surface area contributed by atoms with Crippen LogP contribution in [0.2, 0.25) is 5.02 Å². The van der Waals surface area contributed by atoms with Gasteiger partial charge >= 0.3 is 0 Å². The minimum Gasteiger partial charge on any atom is -0.490 e. The van der Waals surface area contributed by atoms with Gasteiger partial charge in [-0.2, -0.15) is 5.26 Å². The summed E-state index contributed by atoms with van der Waals surface area (Å²) in [5, 5.41) is 12.8. The average molecular weight is 427 g/mol. The van der Waals surface area contributed by atoms with Crippen LogP contribution in [-0.2, 0) is 14.8 Å². The van der Waals surface area contributed by atoms with Crippen LogP contribution in [0, 0.1) is 11.3 Å². The number of carbonyl (C=O) groups excluding carboxylic acids is 1. The molecule has 2 fully saturated rings. The van der Waals surface area contributed by atoms with E-state index in [2.05, 4.69) is 16.1 Å². The van der Waals surface area contributed by atoms with E-state index in [1.807, 2.05) is 0 Å². The van der Waals surface area contributed by atoms with Gasteiger partial charge in [0.15, 0.2) is 0 Å². The van der Waals surface area contributed by atoms with Gasteiger partial charge in [-0.15, -0.1) is 0 Å². The monoisotopic (exact) mass is 426 g/mol. The number of anilines is 1. The minimum absolute atomic E-state index is 0.0241. The Bertz CT molecular complexity index is 886. The minimum atomic E-state index is -3.40. The van der Waals surface area contributed by atoms with E-state index < -0.39 is 10.0 Å². The number of rotatable bonds is 6. The molecule has 2 aliphatic heterocycles. The van der Waals surface area contributed by atoms with Crippen LogP contribution >= 0.6 is 11.6 Å². The van der Waals surface area contributed by atoms with E-state index in [-0.39, 0.29) is 24.0 Å². The largest absolute Gasteiger partial charge is 0.490 e. The maximum atomic E-state index is 12.7. The second kappa shape index (κ2) is 8.55. The summed E-state index contributed by atoms with van der Waals surface area (Å²) in [6.07, 6.45) is 4.11. The Labute approximate surface area is 169 Å². The van der Waals surface area contributed by atoms with Crippen molar-refractivity contribution in [3.63, 3.8) is 0 Å². The van der Waals surface area contributed by atoms with Crippen molar-refractivity contribution in [1.82, 2.24) is 10.2 Å². The molecule has 0 bridgehead atoms. The van der Waals surface area contributed by atoms with Gasteiger partial charge in [-0.1, -0.05) is 11.6 Å². The van der Waals surface area contributed by atoms with Crippen LogP contribution in [0.4, 0.5) is 5.69 Å². The Hall–Kier alpha value is -2.02. The molecule has 0 aliphatic carbocycles. The standard InChI is InChI=1S/C18H23ClN4O4S/c1-28(25,26)22-12-4-6-15(19)17(9-12)27-11-13-5-7-16(21-13)18(24)23-8-2-3-14(23)10-20/h4,6,9,13-14,16,21-22H,2-3,5,7-8,11H2,1H3/t13-,14+,16+/m1/s1. The maximum Gasteiger partial charge on any atom is 0.240 e. The molecule has 152 valence electrons. The summed E-state index contributed by atoms with van der Waals surface area (Å²) in [6.45, 7) is 0.930. The summed E-state index contributed by atoms with van der Waals surface area (Å²) < 4.78 is 30.9. The molecule has 8 nitrogen and oxygen atoms in total. The number of benzene rings is 1. The molecular formula is C18H23ClN4O4S. The summed E-state index contributed by atoms with van der Waals surface area (Å²) in [5.41, 5.74) is 0.367. The highest BCUT2D eigenvalue weighted by Crippen LogP contribution is 2.29. The molecule has 3 rings (SSSR count). The Balaban J connectivity index is 1.56. The lowest BCUT2D eigenvalue weighted by Gasteiger charge is -2.24. The summed E-state index contributed by atoms with van der Waals surface area (Å²) in [6, 6.07) is 6.18. The lowest BCUT2D eigenvalue weighted by atomic mass is 10.1. The maximum absolute atomic E-state index is 12.7. The predicted molar refractivity (Wildman–Crippen MR) is 106 cm³/mol. The van der Waals surface area contributed by atoms with Crippen molar-refractivity contribution < 1.29 is 17.9 Å². The number of carbonyl (C=O) groups is 1. The molecular weight excluding hydrogens is 404 g/mol. The Morgan fingerprint density at radius 2 is 2.21 bits per heavy atom. The van der Waals surface area contributed by atoms with Crippen LogP contribution in [-0.4, -0.2) is 56.8 Å². The zero-order chi connectivity index (χ0) is 20.3. The van der Waals surface area contributed by atoms with Crippen molar-refractivity contribution in [3.05, 3.63) is 23.2 Å². The zero-order valence-electron chi connectivity index (χ0n) is 15.5. The second-order valence-electron chi connectivity index (χ2n) is 7.14. The van der Waals surface area contributed by atoms with E-state index in [9.17, 15) is 13.2 Å². The highest BCUT2D eigenvalue weighted by Gasteiger charge is 2.37. The SMILES string of the molecule is CS(=O)(=O)Nc1ccc(Cl)c(OC[C@H]2CC[C@@H](C(=O)N3CCC[C@H]3C#N)N2)c1. The van der Waals surface area contributed by atoms with Crippen molar-refractivity contribution in [2.45, 2.75) is 43.8 Å². The number of nitrogens with one attached hydrogen (secondary N) is 2. The number of hydrogen-bond acceptors (Lipinski definition) is 6. The average Bonchev–Trinajstić information content (AvgIpc) is 3.29. The third kappa shape index (κ3) is 5.07. The van der Waals surface area contributed by atoms with Crippen LogP contribution in [0.15, 0.2) is 18.2 Å². The Kier molecular flexibility index (Phi) is 6.33. The number of likely N-dealkylation sites (tertiary alicyclic amines) is 1. The molecule has 1 aromatic carbocycles. The fraction of sp³-hybridized carbons (Fsp3) is 0.556. The first-order chi connectivity index (χ1) is 13.3. The van der Waals surface area contributed by atoms with Gasteiger partial charge in [0, 0.05) is 18.7 Å². The predicted octanol–water partition coefficient (Wildman–Crippen LogP) is 1.73. The molecule has 2 saturated heterocycles. The third-order valence-electron chi connectivity index (χ3n) is 4.90. The van der Waals surface area contributed by atoms with Gasteiger partial charge in [0.1, 0.15) is 18.4 Å². The molecule has 3 atom stereocenters. The van der Waals surface area contributed by atoms with Crippen molar-refractivity contribution in [3.8, 4) is 11.8 Å². The van der Waals surface area contributed by atoms with E-state index in [4.69, 9.17) is 21.6 Å². The topological polar surface area (TPSA) is 112 Å². The summed E-state index contributed by atoms with van der Waals surface area (Å²) in [7, 11) is -3.40. The molecule has 2 N–H and O–H groups in total. The lowest BCUT2D eigenvalue weighted by molar-refractivity contribution is -0.133. The van der Waals surface area contributed by atoms with Gasteiger partial charge in [0.05, 0.1) is 29.1 Å². The number of nitrogens with zero attached hydrogens (tertiary/aromatic N) is 2. The molecule has 0 saturated carbocycles. The number of ether oxygens (including phenoxy) is 1. The van der Waals surface area contributed by atoms with Crippen LogP contribution in [0.5, 0.6) is 5.75 Å². The molecule has 2 heterocycles. The quantitative estimate of drug-likeness (QED) is 0.716. The van der Waals surface area contributed by atoms with Crippen molar-refractivity contribution in [1.29, 1.82) is 5.26 Å². The van der Waals surface area contributed by atoms with Crippen LogP contribution in [0.3, 0.4) is 0 Å². The van der Waals surface area contributed by atoms with E-state index in [1.165, 1.54) is 6.07 Å². The van der Waals surface area contributed by atoms with Crippen molar-refractivity contribution in [2.75, 3.05) is 24.1 Å². The highest BCUT2D eigenvalue weighted by atomic mass is 35.5. The normalized spacial score (nSPS) is 24.8. The molecule has 0 aromatic heterocycles. The Morgan fingerprint density at radius 3 is 2.93 bits per heavy atom. The number of halogens is 1. The van der Waals surface area contributed by atoms with Gasteiger partial charge in [0.2, 0.25) is 15.9 Å². The number of hydrogen-bond donors (Lipinski definition) is 2. The summed E-state index contributed by atoms with van der Waals surface area (Å²) >= 11 is 6.14. The molecule has 1 amide bonds. The lowest BCUT2D eigenvalue weighted by Crippen LogP contribution is -2.47. The van der Waals surface area contributed by atoms with Gasteiger partial charge < -0.3 is 9.64 Å². The number of amides is 1. The first kappa shape index (κ1) is 20.7. The van der Waals surface area contributed by atoms with Crippen LogP contribution in [0.25, 0.3) is 0 Å². The summed E-state index contributed by atoms with van der Waals surface area (Å²) in [5.74, 6) is 0.347. The number of nitriles is 1. The first-order valence-electron chi connectivity index (χ1n) is 9.13. The fourth-order valence-electron chi connectivity index (χ4n) is 3.59. The molecule has 0 radical (unpaired) electrons. The molecule has 1 aromatic rings. The van der Waals surface area contributed by atoms with Gasteiger partial charge in [-0.3, -0.25) is 14.8 Å². The molecule has 10 heteroatoms. The van der Waals surface area contributed by atoms with Crippen molar-refractivity contribution >= 4 is 33.2 Å². The van der Waals surface area contributed by atoms with E-state index in [0.717, 1.165) is 25.5 Å². The van der Waals surface area contributed by atoms with Crippen LogP contribution in [0.1, 0.15) is 25.7 Å². The van der Waals surface area contributed by atoms with Gasteiger partial charge in [-0.25, -0.2) is 8.42 Å². The Morgan fingerprint density at radius 1 is 1.43 bits per heavy atom. The molecule has 0 unspecified atom stereocenters. The second-order valence-corrected chi connectivity index (χ2v) is 9.30. The van der Waals surface area contributed by atoms with Crippen molar-refractivity contribution in [2.24, 2.45) is 0 Å². The van der Waals surface area contributed by atoms with Crippen LogP contribution < -0.4 is 14.8 Å². The van der Waals surface area contributed by atoms with Gasteiger partial charge in [-0.05, 0) is 37.8 Å². The van der Waals surface area contributed by atoms with E-state index in [1.54, 1.807) is 17.0 Å².